The maximum atomic E-state index is 9.65. The summed E-state index contributed by atoms with van der Waals surface area (Å²) in [6, 6.07) is 12.1. The van der Waals surface area contributed by atoms with E-state index in [0.29, 0.717) is 0 Å². The van der Waals surface area contributed by atoms with Gasteiger partial charge in [-0.2, -0.15) is 0 Å². The Morgan fingerprint density at radius 2 is 2.05 bits per heavy atom. The van der Waals surface area contributed by atoms with E-state index in [9.17, 15) is 5.11 Å². The van der Waals surface area contributed by atoms with Gasteiger partial charge in [0.15, 0.2) is 5.16 Å². The Morgan fingerprint density at radius 3 is 2.76 bits per heavy atom. The average Bonchev–Trinajstić information content (AvgIpc) is 2.79. The zero-order valence-corrected chi connectivity index (χ0v) is 14.1. The van der Waals surface area contributed by atoms with Crippen LogP contribution in [0.3, 0.4) is 0 Å². The molecule has 0 saturated heterocycles. The van der Waals surface area contributed by atoms with Gasteiger partial charge >= 0.3 is 0 Å². The molecule has 3 nitrogen and oxygen atoms in total. The number of aliphatic hydroxyl groups excluding tert-OH is 1. The van der Waals surface area contributed by atoms with Gasteiger partial charge in [-0.3, -0.25) is 0 Å². The van der Waals surface area contributed by atoms with Crippen LogP contribution in [0.1, 0.15) is 24.2 Å². The number of halogens is 1. The van der Waals surface area contributed by atoms with Crippen molar-refractivity contribution in [1.82, 2.24) is 9.97 Å². The van der Waals surface area contributed by atoms with E-state index in [1.165, 1.54) is 5.56 Å². The average molecular weight is 363 g/mol. The van der Waals surface area contributed by atoms with Crippen LogP contribution in [0.25, 0.3) is 11.0 Å². The predicted octanol–water partition coefficient (Wildman–Crippen LogP) is 4.84. The lowest BCUT2D eigenvalue weighted by atomic mass is 10.1. The first-order valence-electron chi connectivity index (χ1n) is 6.64. The van der Waals surface area contributed by atoms with Crippen LogP contribution >= 0.6 is 27.7 Å². The fraction of sp³-hybridized carbons (Fsp3) is 0.188. The van der Waals surface area contributed by atoms with Crippen molar-refractivity contribution >= 4 is 38.7 Å². The normalized spacial score (nSPS) is 12.8. The van der Waals surface area contributed by atoms with Crippen molar-refractivity contribution in [2.24, 2.45) is 0 Å². The molecule has 108 valence electrons. The van der Waals surface area contributed by atoms with E-state index in [1.54, 1.807) is 18.7 Å². The van der Waals surface area contributed by atoms with Gasteiger partial charge in [0.05, 0.1) is 17.1 Å². The maximum Gasteiger partial charge on any atom is 0.171 e. The lowest BCUT2D eigenvalue weighted by Crippen LogP contribution is -1.92. The summed E-state index contributed by atoms with van der Waals surface area (Å²) in [5, 5.41) is 10.5. The zero-order chi connectivity index (χ0) is 15.0. The van der Waals surface area contributed by atoms with Crippen molar-refractivity contribution in [2.45, 2.75) is 30.0 Å². The van der Waals surface area contributed by atoms with Gasteiger partial charge in [0, 0.05) is 9.37 Å². The van der Waals surface area contributed by atoms with E-state index < -0.39 is 6.10 Å². The number of rotatable bonds is 3. The lowest BCUT2D eigenvalue weighted by molar-refractivity contribution is 0.198. The molecule has 5 heteroatoms. The summed E-state index contributed by atoms with van der Waals surface area (Å²) >= 11 is 5.08. The molecule has 3 aromatic rings. The number of aliphatic hydroxyl groups is 1. The Bertz CT molecular complexity index is 798. The van der Waals surface area contributed by atoms with E-state index in [-0.39, 0.29) is 0 Å². The van der Waals surface area contributed by atoms with Crippen LogP contribution in [0.4, 0.5) is 0 Å². The minimum Gasteiger partial charge on any atom is -0.389 e. The van der Waals surface area contributed by atoms with Crippen molar-refractivity contribution in [3.8, 4) is 0 Å². The van der Waals surface area contributed by atoms with Crippen LogP contribution in [0.2, 0.25) is 0 Å². The molecule has 0 saturated carbocycles. The second-order valence-corrected chi connectivity index (χ2v) is 6.94. The van der Waals surface area contributed by atoms with Crippen LogP contribution in [0.5, 0.6) is 0 Å². The number of nitrogens with one attached hydrogen (secondary N) is 1. The van der Waals surface area contributed by atoms with Crippen LogP contribution in [0, 0.1) is 6.92 Å². The van der Waals surface area contributed by atoms with E-state index in [2.05, 4.69) is 45.0 Å². The molecule has 0 aliphatic carbocycles. The van der Waals surface area contributed by atoms with Gasteiger partial charge in [0.1, 0.15) is 0 Å². The number of benzene rings is 2. The van der Waals surface area contributed by atoms with Gasteiger partial charge < -0.3 is 10.1 Å². The molecule has 0 spiro atoms. The number of imidazole rings is 1. The molecule has 0 radical (unpaired) electrons. The molecule has 1 atom stereocenters. The highest BCUT2D eigenvalue weighted by Gasteiger charge is 2.09. The van der Waals surface area contributed by atoms with Crippen molar-refractivity contribution in [3.63, 3.8) is 0 Å². The third-order valence-electron chi connectivity index (χ3n) is 3.25. The number of nitrogens with zero attached hydrogens (tertiary/aromatic N) is 1. The molecule has 0 aliphatic heterocycles. The summed E-state index contributed by atoms with van der Waals surface area (Å²) in [5.41, 5.74) is 4.13. The van der Waals surface area contributed by atoms with E-state index in [0.717, 1.165) is 31.1 Å². The number of H-pyrrole nitrogens is 1. The number of hydrogen-bond donors (Lipinski definition) is 2. The Labute approximate surface area is 135 Å². The van der Waals surface area contributed by atoms with Gasteiger partial charge in [-0.1, -0.05) is 39.8 Å². The summed E-state index contributed by atoms with van der Waals surface area (Å²) < 4.78 is 0.912. The third-order valence-corrected chi connectivity index (χ3v) is 4.82. The minimum atomic E-state index is -0.479. The van der Waals surface area contributed by atoms with Gasteiger partial charge in [0.2, 0.25) is 0 Å². The van der Waals surface area contributed by atoms with Crippen molar-refractivity contribution < 1.29 is 5.11 Å². The fourth-order valence-corrected chi connectivity index (χ4v) is 3.87. The molecule has 0 aliphatic rings. The Kier molecular flexibility index (Phi) is 4.06. The minimum absolute atomic E-state index is 0.479. The number of aromatic nitrogens is 2. The number of aryl methyl sites for hydroxylation is 1. The monoisotopic (exact) mass is 362 g/mol. The third kappa shape index (κ3) is 3.15. The number of fused-ring (bicyclic) bond motifs is 1. The quantitative estimate of drug-likeness (QED) is 0.700. The Balaban J connectivity index is 1.89. The van der Waals surface area contributed by atoms with Gasteiger partial charge in [-0.05, 0) is 49.2 Å². The molecular weight excluding hydrogens is 348 g/mol. The molecule has 3 rings (SSSR count). The predicted molar refractivity (Wildman–Crippen MR) is 89.7 cm³/mol. The van der Waals surface area contributed by atoms with Crippen LogP contribution < -0.4 is 0 Å². The molecule has 1 unspecified atom stereocenters. The van der Waals surface area contributed by atoms with Crippen molar-refractivity contribution in [2.75, 3.05) is 0 Å². The number of hydrogen-bond acceptors (Lipinski definition) is 3. The van der Waals surface area contributed by atoms with E-state index in [1.807, 2.05) is 24.3 Å². The first kappa shape index (κ1) is 14.6. The van der Waals surface area contributed by atoms with Crippen LogP contribution in [0.15, 0.2) is 50.9 Å². The second-order valence-electron chi connectivity index (χ2n) is 5.02. The molecule has 2 N–H and O–H groups in total. The summed E-state index contributed by atoms with van der Waals surface area (Å²) in [4.78, 5) is 8.98. The summed E-state index contributed by atoms with van der Waals surface area (Å²) in [6.45, 7) is 3.83. The molecule has 0 amide bonds. The molecule has 1 heterocycles. The lowest BCUT2D eigenvalue weighted by Gasteiger charge is -2.08. The first-order chi connectivity index (χ1) is 10.0. The smallest absolute Gasteiger partial charge is 0.171 e. The molecule has 0 fully saturated rings. The summed E-state index contributed by atoms with van der Waals surface area (Å²) in [5.74, 6) is 0. The van der Waals surface area contributed by atoms with E-state index in [4.69, 9.17) is 0 Å². The second kappa shape index (κ2) is 5.83. The van der Waals surface area contributed by atoms with Crippen molar-refractivity contribution in [1.29, 1.82) is 0 Å². The SMILES string of the molecule is Cc1ccc2nc(Sc3ccc(C(C)O)c(Br)c3)[nH]c2c1. The Hall–Kier alpha value is -1.30. The van der Waals surface area contributed by atoms with Gasteiger partial charge in [-0.25, -0.2) is 4.98 Å². The Morgan fingerprint density at radius 1 is 1.24 bits per heavy atom. The molecule has 0 bridgehead atoms. The topological polar surface area (TPSA) is 48.9 Å². The highest BCUT2D eigenvalue weighted by atomic mass is 79.9. The van der Waals surface area contributed by atoms with Crippen LogP contribution in [-0.4, -0.2) is 15.1 Å². The highest BCUT2D eigenvalue weighted by Crippen LogP contribution is 2.32. The number of aromatic amines is 1. The molecular formula is C16H15BrN2OS. The standard InChI is InChI=1S/C16H15BrN2OS/c1-9-3-6-14-15(7-9)19-16(18-14)21-11-4-5-12(10(2)20)13(17)8-11/h3-8,10,20H,1-2H3,(H,18,19). The molecule has 1 aromatic heterocycles. The van der Waals surface area contributed by atoms with Gasteiger partial charge in [-0.15, -0.1) is 0 Å². The summed E-state index contributed by atoms with van der Waals surface area (Å²) in [7, 11) is 0. The first-order valence-corrected chi connectivity index (χ1v) is 8.25. The molecule has 21 heavy (non-hydrogen) atoms. The van der Waals surface area contributed by atoms with Crippen LogP contribution in [-0.2, 0) is 0 Å². The maximum absolute atomic E-state index is 9.65. The largest absolute Gasteiger partial charge is 0.389 e. The fourth-order valence-electron chi connectivity index (χ4n) is 2.17. The van der Waals surface area contributed by atoms with Crippen molar-refractivity contribution in [3.05, 3.63) is 52.0 Å². The molecule has 2 aromatic carbocycles. The summed E-state index contributed by atoms with van der Waals surface area (Å²) in [6.07, 6.45) is -0.479. The zero-order valence-electron chi connectivity index (χ0n) is 11.7. The highest BCUT2D eigenvalue weighted by molar-refractivity contribution is 9.10. The van der Waals surface area contributed by atoms with E-state index >= 15 is 0 Å². The van der Waals surface area contributed by atoms with Gasteiger partial charge in [0.25, 0.3) is 0 Å².